The average molecular weight is 334 g/mol. The van der Waals surface area contributed by atoms with Crippen LogP contribution in [-0.4, -0.2) is 0 Å². The first-order valence-electron chi connectivity index (χ1n) is 6.20. The topological polar surface area (TPSA) is 0 Å². The van der Waals surface area contributed by atoms with Crippen LogP contribution >= 0.6 is 0 Å². The van der Waals surface area contributed by atoms with E-state index in [4.69, 9.17) is 0 Å². The van der Waals surface area contributed by atoms with Crippen molar-refractivity contribution in [2.24, 2.45) is 0 Å². The van der Waals surface area contributed by atoms with Gasteiger partial charge in [0.1, 0.15) is 0 Å². The van der Waals surface area contributed by atoms with E-state index in [1.54, 1.807) is 11.1 Å². The molecule has 0 aliphatic heterocycles. The average Bonchev–Trinajstić information content (AvgIpc) is 2.94. The first-order chi connectivity index (χ1) is 7.79. The van der Waals surface area contributed by atoms with Gasteiger partial charge in [0.15, 0.2) is 0 Å². The molecule has 2 aromatic rings. The van der Waals surface area contributed by atoms with Gasteiger partial charge in [0.25, 0.3) is 0 Å². The minimum Gasteiger partial charge on any atom is -0.358 e. The van der Waals surface area contributed by atoms with Gasteiger partial charge in [-0.2, -0.15) is 46.5 Å². The maximum absolute atomic E-state index is 2.34. The van der Waals surface area contributed by atoms with Crippen molar-refractivity contribution in [3.8, 4) is 0 Å². The van der Waals surface area contributed by atoms with Crippen molar-refractivity contribution in [1.29, 1.82) is 0 Å². The third-order valence-electron chi connectivity index (χ3n) is 3.41. The van der Waals surface area contributed by atoms with Crippen molar-refractivity contribution < 1.29 is 26.2 Å². The summed E-state index contributed by atoms with van der Waals surface area (Å²) in [5.41, 5.74) is 6.37. The Kier molecular flexibility index (Phi) is 11.4. The third kappa shape index (κ3) is 5.61. The molecule has 0 saturated heterocycles. The largest absolute Gasteiger partial charge is 4.00 e. The molecule has 1 aliphatic rings. The van der Waals surface area contributed by atoms with Crippen LogP contribution in [0, 0.1) is 28.7 Å². The predicted octanol–water partition coefficient (Wildman–Crippen LogP) is 5.20. The second-order valence-corrected chi connectivity index (χ2v) is 4.64. The molecule has 19 heavy (non-hydrogen) atoms. The molecule has 0 aromatic heterocycles. The smallest absolute Gasteiger partial charge is 0.358 e. The Labute approximate surface area is 139 Å². The first kappa shape index (κ1) is 20.9. The number of aryl methyl sites for hydroxylation is 2. The second kappa shape index (κ2) is 10.4. The molecule has 0 heterocycles. The number of fused-ring (bicyclic) bond motifs is 1. The maximum atomic E-state index is 2.34. The summed E-state index contributed by atoms with van der Waals surface area (Å²) in [7, 11) is 0. The Morgan fingerprint density at radius 1 is 1.05 bits per heavy atom. The molecule has 0 saturated carbocycles. The molecule has 0 unspecified atom stereocenters. The van der Waals surface area contributed by atoms with Crippen molar-refractivity contribution in [1.82, 2.24) is 0 Å². The quantitative estimate of drug-likeness (QED) is 0.581. The van der Waals surface area contributed by atoms with Crippen LogP contribution in [0.15, 0.2) is 36.4 Å². The zero-order valence-corrected chi connectivity index (χ0v) is 15.3. The summed E-state index contributed by atoms with van der Waals surface area (Å²) in [6.07, 6.45) is 5.46. The maximum Gasteiger partial charge on any atom is 4.00 e. The molecule has 1 heteroatoms. The van der Waals surface area contributed by atoms with Crippen LogP contribution in [0.5, 0.6) is 0 Å². The molecule has 2 aromatic carbocycles. The fraction of sp³-hybridized carbons (Fsp3) is 0.333. The van der Waals surface area contributed by atoms with Gasteiger partial charge in [-0.15, -0.1) is 0 Å². The molecule has 0 bridgehead atoms. The number of hydrogen-bond acceptors (Lipinski definition) is 0. The van der Waals surface area contributed by atoms with Crippen LogP contribution in [-0.2, 0) is 39.0 Å². The molecule has 0 spiro atoms. The van der Waals surface area contributed by atoms with Crippen molar-refractivity contribution in [2.75, 3.05) is 0 Å². The molecule has 0 amide bonds. The van der Waals surface area contributed by atoms with Crippen LogP contribution in [0.25, 0.3) is 0 Å². The van der Waals surface area contributed by atoms with Crippen LogP contribution in [0.4, 0.5) is 0 Å². The second-order valence-electron chi connectivity index (χ2n) is 4.64. The Hall–Kier alpha value is -0.417. The van der Waals surface area contributed by atoms with Crippen LogP contribution < -0.4 is 0 Å². The zero-order valence-electron chi connectivity index (χ0n) is 12.8. The molecule has 0 radical (unpaired) electrons. The van der Waals surface area contributed by atoms with Gasteiger partial charge in [0.05, 0.1) is 0 Å². The van der Waals surface area contributed by atoms with Gasteiger partial charge in [0.2, 0.25) is 0 Å². The van der Waals surface area contributed by atoms with Gasteiger partial charge in [-0.3, -0.25) is 0 Å². The SMILES string of the molecule is Cc1c[c-](C)c2c1CCCC2.[CH3-].[CH3-].[Zr+4].c1cc[cH-]c1. The molecule has 0 atom stereocenters. The monoisotopic (exact) mass is 332 g/mol. The Morgan fingerprint density at radius 3 is 2.11 bits per heavy atom. The van der Waals surface area contributed by atoms with E-state index in [0.29, 0.717) is 0 Å². The van der Waals surface area contributed by atoms with Gasteiger partial charge in [-0.1, -0.05) is 39.5 Å². The normalized spacial score (nSPS) is 11.7. The zero-order chi connectivity index (χ0) is 11.4. The van der Waals surface area contributed by atoms with E-state index >= 15 is 0 Å². The molecule has 3 rings (SSSR count). The van der Waals surface area contributed by atoms with E-state index in [0.717, 1.165) is 0 Å². The standard InChI is InChI=1S/C11H15.C5H5.2CH3.Zr/c1-8-7-9(2)11-6-4-3-5-10(8)11;1-2-4-5-3-1;;;/h7H,3-6H2,1-2H3;1-5H;2*1H3;/q4*-1;+4. The van der Waals surface area contributed by atoms with E-state index in [1.165, 1.54) is 36.8 Å². The molecule has 0 nitrogen and oxygen atoms in total. The van der Waals surface area contributed by atoms with Crippen molar-refractivity contribution in [3.05, 3.63) is 73.5 Å². The summed E-state index contributed by atoms with van der Waals surface area (Å²) in [6, 6.07) is 12.3. The van der Waals surface area contributed by atoms with Crippen LogP contribution in [0.1, 0.15) is 35.1 Å². The number of hydrogen-bond donors (Lipinski definition) is 0. The molecule has 1 aliphatic carbocycles. The van der Waals surface area contributed by atoms with E-state index in [9.17, 15) is 0 Å². The van der Waals surface area contributed by atoms with E-state index < -0.39 is 0 Å². The number of rotatable bonds is 0. The fourth-order valence-corrected chi connectivity index (χ4v) is 2.60. The van der Waals surface area contributed by atoms with Gasteiger partial charge < -0.3 is 14.9 Å². The van der Waals surface area contributed by atoms with Gasteiger partial charge in [-0.05, 0) is 0 Å². The van der Waals surface area contributed by atoms with E-state index in [2.05, 4.69) is 19.9 Å². The Morgan fingerprint density at radius 2 is 1.63 bits per heavy atom. The minimum atomic E-state index is 0. The summed E-state index contributed by atoms with van der Waals surface area (Å²) in [4.78, 5) is 0. The van der Waals surface area contributed by atoms with Crippen molar-refractivity contribution >= 4 is 0 Å². The Bertz CT molecular complexity index is 377. The molecule has 0 fully saturated rings. The van der Waals surface area contributed by atoms with Gasteiger partial charge in [-0.25, -0.2) is 12.1 Å². The Balaban J connectivity index is 0. The summed E-state index contributed by atoms with van der Waals surface area (Å²) < 4.78 is 0. The predicted molar refractivity (Wildman–Crippen MR) is 83.0 cm³/mol. The molecule has 102 valence electrons. The molecule has 0 N–H and O–H groups in total. The van der Waals surface area contributed by atoms with Crippen LogP contribution in [0.2, 0.25) is 0 Å². The first-order valence-corrected chi connectivity index (χ1v) is 6.20. The summed E-state index contributed by atoms with van der Waals surface area (Å²) >= 11 is 0. The summed E-state index contributed by atoms with van der Waals surface area (Å²) in [5, 5.41) is 0. The summed E-state index contributed by atoms with van der Waals surface area (Å²) in [5.74, 6) is 0. The summed E-state index contributed by atoms with van der Waals surface area (Å²) in [6.45, 7) is 4.49. The third-order valence-corrected chi connectivity index (χ3v) is 3.41. The van der Waals surface area contributed by atoms with Gasteiger partial charge in [0, 0.05) is 0 Å². The minimum absolute atomic E-state index is 0. The fourth-order valence-electron chi connectivity index (χ4n) is 2.60. The van der Waals surface area contributed by atoms with Crippen molar-refractivity contribution in [2.45, 2.75) is 39.5 Å². The molecular weight excluding hydrogens is 307 g/mol. The van der Waals surface area contributed by atoms with E-state index in [1.807, 2.05) is 30.3 Å². The van der Waals surface area contributed by atoms with Gasteiger partial charge >= 0.3 is 26.2 Å². The van der Waals surface area contributed by atoms with Crippen molar-refractivity contribution in [3.63, 3.8) is 0 Å². The van der Waals surface area contributed by atoms with Crippen LogP contribution in [0.3, 0.4) is 0 Å². The molecular formula is C18H26Zr. The van der Waals surface area contributed by atoms with E-state index in [-0.39, 0.29) is 41.1 Å².